The van der Waals surface area contributed by atoms with Crippen molar-refractivity contribution in [2.45, 2.75) is 0 Å². The van der Waals surface area contributed by atoms with Gasteiger partial charge in [-0.05, 0) is 0 Å². The van der Waals surface area contributed by atoms with Crippen LogP contribution in [0.15, 0.2) is 0 Å². The van der Waals surface area contributed by atoms with Gasteiger partial charge in [0.15, 0.2) is 0 Å². The minimum absolute atomic E-state index is 0. The first-order valence-electron chi connectivity index (χ1n) is 0.447. The third-order valence-corrected chi connectivity index (χ3v) is 0. The van der Waals surface area contributed by atoms with E-state index in [-0.39, 0.29) is 78.2 Å². The van der Waals surface area contributed by atoms with E-state index in [0.717, 1.165) is 7.11 Å². The van der Waals surface area contributed by atoms with E-state index in [4.69, 9.17) is 5.11 Å². The molecule has 0 unspecified atom stereocenters. The minimum atomic E-state index is 0. The molecule has 0 aromatic rings. The summed E-state index contributed by atoms with van der Waals surface area (Å²) in [6, 6.07) is 0. The number of aliphatic hydroxyl groups excluding tert-OH is 1. The summed E-state index contributed by atoms with van der Waals surface area (Å²) < 4.78 is 0. The van der Waals surface area contributed by atoms with Crippen LogP contribution in [0.2, 0.25) is 0 Å². The zero-order valence-electron chi connectivity index (χ0n) is 5.34. The molecule has 0 rings (SSSR count). The van der Waals surface area contributed by atoms with E-state index < -0.39 is 0 Å². The Hall–Kier alpha value is 2.07. The zero-order chi connectivity index (χ0) is 2.00. The molecule has 0 aliphatic carbocycles. The predicted molar refractivity (Wildman–Crippen MR) is 12.0 cm³/mol. The quantitative estimate of drug-likeness (QED) is 0.309. The molecule has 7 heavy (non-hydrogen) atoms. The fourth-order valence-electron chi connectivity index (χ4n) is 0. The molecule has 0 aliphatic rings. The molecule has 0 saturated carbocycles. The van der Waals surface area contributed by atoms with Crippen molar-refractivity contribution in [3.63, 3.8) is 0 Å². The van der Waals surface area contributed by atoms with Gasteiger partial charge in [0.1, 0.15) is 0 Å². The van der Waals surface area contributed by atoms with Crippen molar-refractivity contribution < 1.29 is 83.3 Å². The SMILES string of the molecule is CO.[Li+].[Li+].[Na+].[OH-].[OH-]. The average Bonchev–Trinajstić information content (AvgIpc) is 1.00. The molecular formula is CH6Li2NaO3+. The zero-order valence-corrected chi connectivity index (χ0v) is 7.34. The van der Waals surface area contributed by atoms with E-state index in [2.05, 4.69) is 0 Å². The van der Waals surface area contributed by atoms with Crippen molar-refractivity contribution in [2.24, 2.45) is 0 Å². The van der Waals surface area contributed by atoms with Gasteiger partial charge in [-0.1, -0.05) is 0 Å². The van der Waals surface area contributed by atoms with Gasteiger partial charge in [-0.15, -0.1) is 0 Å². The Kier molecular flexibility index (Phi) is 839. The first-order valence-corrected chi connectivity index (χ1v) is 0.447. The van der Waals surface area contributed by atoms with Gasteiger partial charge in [0.05, 0.1) is 0 Å². The van der Waals surface area contributed by atoms with Crippen LogP contribution in [0, 0.1) is 0 Å². The number of hydrogen-bond acceptors (Lipinski definition) is 3. The van der Waals surface area contributed by atoms with Crippen molar-refractivity contribution in [2.75, 3.05) is 7.11 Å². The van der Waals surface area contributed by atoms with Crippen LogP contribution in [0.4, 0.5) is 0 Å². The van der Waals surface area contributed by atoms with Crippen LogP contribution in [-0.4, -0.2) is 23.2 Å². The molecule has 0 bridgehead atoms. The topological polar surface area (TPSA) is 80.2 Å². The molecule has 0 saturated heterocycles. The molecular weight excluding hydrogens is 96.9 g/mol. The summed E-state index contributed by atoms with van der Waals surface area (Å²) in [5.74, 6) is 0. The monoisotopic (exact) mass is 103 g/mol. The summed E-state index contributed by atoms with van der Waals surface area (Å²) >= 11 is 0. The first kappa shape index (κ1) is 62.6. The fourth-order valence-corrected chi connectivity index (χ4v) is 0. The molecule has 0 fully saturated rings. The molecule has 6 heteroatoms. The Labute approximate surface area is 89.5 Å². The van der Waals surface area contributed by atoms with E-state index in [1.807, 2.05) is 0 Å². The smallest absolute Gasteiger partial charge is 0.870 e. The van der Waals surface area contributed by atoms with E-state index in [1.165, 1.54) is 0 Å². The van der Waals surface area contributed by atoms with Gasteiger partial charge >= 0.3 is 67.3 Å². The minimum Gasteiger partial charge on any atom is -0.870 e. The van der Waals surface area contributed by atoms with Crippen LogP contribution in [0.5, 0.6) is 0 Å². The van der Waals surface area contributed by atoms with Crippen molar-refractivity contribution in [1.29, 1.82) is 0 Å². The summed E-state index contributed by atoms with van der Waals surface area (Å²) in [6.07, 6.45) is 0. The van der Waals surface area contributed by atoms with E-state index >= 15 is 0 Å². The van der Waals surface area contributed by atoms with Gasteiger partial charge < -0.3 is 16.1 Å². The third-order valence-electron chi connectivity index (χ3n) is 0. The molecule has 3 N–H and O–H groups in total. The number of aliphatic hydroxyl groups is 1. The molecule has 0 heterocycles. The molecule has 3 nitrogen and oxygen atoms in total. The van der Waals surface area contributed by atoms with Gasteiger partial charge in [-0.25, -0.2) is 0 Å². The van der Waals surface area contributed by atoms with Crippen molar-refractivity contribution in [1.82, 2.24) is 0 Å². The molecule has 0 radical (unpaired) electrons. The van der Waals surface area contributed by atoms with E-state index in [0.29, 0.717) is 0 Å². The van der Waals surface area contributed by atoms with E-state index in [9.17, 15) is 0 Å². The van der Waals surface area contributed by atoms with Crippen LogP contribution >= 0.6 is 0 Å². The second kappa shape index (κ2) is 93.9. The van der Waals surface area contributed by atoms with Crippen LogP contribution in [0.1, 0.15) is 0 Å². The van der Waals surface area contributed by atoms with Gasteiger partial charge in [0.2, 0.25) is 0 Å². The molecule has 0 atom stereocenters. The molecule has 0 aromatic carbocycles. The van der Waals surface area contributed by atoms with Crippen molar-refractivity contribution >= 4 is 0 Å². The molecule has 0 aromatic heterocycles. The molecule has 0 aliphatic heterocycles. The molecule has 0 amide bonds. The van der Waals surface area contributed by atoms with Crippen molar-refractivity contribution in [3.8, 4) is 0 Å². The van der Waals surface area contributed by atoms with Gasteiger partial charge in [-0.2, -0.15) is 0 Å². The second-order valence-electron chi connectivity index (χ2n) is 0. The molecule has 30 valence electrons. The Morgan fingerprint density at radius 3 is 0.857 bits per heavy atom. The Morgan fingerprint density at radius 2 is 0.857 bits per heavy atom. The normalized spacial score (nSPS) is 0.857. The summed E-state index contributed by atoms with van der Waals surface area (Å²) in [7, 11) is 1.00. The maximum absolute atomic E-state index is 7.00. The summed E-state index contributed by atoms with van der Waals surface area (Å²) in [5, 5.41) is 7.00. The largest absolute Gasteiger partial charge is 1.00 e. The second-order valence-corrected chi connectivity index (χ2v) is 0. The third kappa shape index (κ3) is 69.2. The van der Waals surface area contributed by atoms with Gasteiger partial charge in [-0.3, -0.25) is 0 Å². The molecule has 0 spiro atoms. The van der Waals surface area contributed by atoms with Gasteiger partial charge in [0.25, 0.3) is 0 Å². The van der Waals surface area contributed by atoms with Crippen molar-refractivity contribution in [3.05, 3.63) is 0 Å². The van der Waals surface area contributed by atoms with Gasteiger partial charge in [0, 0.05) is 7.11 Å². The maximum Gasteiger partial charge on any atom is 1.00 e. The van der Waals surface area contributed by atoms with Crippen LogP contribution in [0.25, 0.3) is 0 Å². The maximum atomic E-state index is 7.00. The first-order chi connectivity index (χ1) is 1.00. The Bertz CT molecular complexity index is 12.9. The standard InChI is InChI=1S/CH4O.2Li.Na.2H2O/c1-2;;;;;/h2H,1H3;;;;2*1H2/q;3*+1;;/p-2. The predicted octanol–water partition coefficient (Wildman–Crippen LogP) is -9.73. The summed E-state index contributed by atoms with van der Waals surface area (Å²) in [5.41, 5.74) is 0. The summed E-state index contributed by atoms with van der Waals surface area (Å²) in [6.45, 7) is 0. The number of rotatable bonds is 0. The fraction of sp³-hybridized carbons (Fsp3) is 1.00. The Morgan fingerprint density at radius 1 is 0.857 bits per heavy atom. The van der Waals surface area contributed by atoms with E-state index in [1.54, 1.807) is 0 Å². The van der Waals surface area contributed by atoms with Crippen LogP contribution in [0.3, 0.4) is 0 Å². The average molecular weight is 103 g/mol. The summed E-state index contributed by atoms with van der Waals surface area (Å²) in [4.78, 5) is 0. The Balaban J connectivity index is -0.000000000500. The van der Waals surface area contributed by atoms with Crippen LogP contribution in [-0.2, 0) is 0 Å². The van der Waals surface area contributed by atoms with Crippen LogP contribution < -0.4 is 67.3 Å². The number of hydrogen-bond donors (Lipinski definition) is 1.